The van der Waals surface area contributed by atoms with Gasteiger partial charge < -0.3 is 94.5 Å². The van der Waals surface area contributed by atoms with Crippen LogP contribution < -0.4 is 0 Å². The van der Waals surface area contributed by atoms with Crippen molar-refractivity contribution in [3.05, 3.63) is 0 Å². The molecule has 0 bridgehead atoms. The van der Waals surface area contributed by atoms with Crippen LogP contribution in [0.3, 0.4) is 0 Å². The Labute approximate surface area is 133 Å². The van der Waals surface area contributed by atoms with Crippen LogP contribution in [0.1, 0.15) is 0 Å². The van der Waals surface area contributed by atoms with E-state index in [4.69, 9.17) is 0 Å². The summed E-state index contributed by atoms with van der Waals surface area (Å²) in [5.41, 5.74) is 0. The first kappa shape index (κ1) is 125. The summed E-state index contributed by atoms with van der Waals surface area (Å²) in [5, 5.41) is 0. The average molecular weight is 420 g/mol. The normalized spacial score (nSPS) is 0. The molecule has 0 amide bonds. The Morgan fingerprint density at radius 3 is 0.222 bits per heavy atom. The smallest absolute Gasteiger partial charge is 2.00 e. The molecule has 0 nitrogen and oxygen atoms in total. The Morgan fingerprint density at radius 1 is 0.222 bits per heavy atom. The first-order valence-electron chi connectivity index (χ1n) is 0. The average Bonchev–Trinajstić information content (AvgIpc) is 0. The van der Waals surface area contributed by atoms with Gasteiger partial charge in [0.2, 0.25) is 0 Å². The zero-order chi connectivity index (χ0) is 0. The van der Waals surface area contributed by atoms with Crippen molar-refractivity contribution in [1.29, 1.82) is 0 Å². The van der Waals surface area contributed by atoms with Gasteiger partial charge in [0.25, 0.3) is 0 Å². The van der Waals surface area contributed by atoms with E-state index in [9.17, 15) is 0 Å². The summed E-state index contributed by atoms with van der Waals surface area (Å²) in [7, 11) is 0. The number of hydrogen-bond donors (Lipinski definition) is 0. The van der Waals surface area contributed by atoms with Crippen molar-refractivity contribution in [2.24, 2.45) is 0 Å². The van der Waals surface area contributed by atoms with Gasteiger partial charge in [-0.05, 0) is 0 Å². The third-order valence-corrected chi connectivity index (χ3v) is 0. The molecule has 0 spiro atoms. The fourth-order valence-corrected chi connectivity index (χ4v) is 0. The molecule has 0 saturated carbocycles. The van der Waals surface area contributed by atoms with E-state index in [0.717, 1.165) is 0 Å². The molecule has 0 heterocycles. The summed E-state index contributed by atoms with van der Waals surface area (Å²) in [6, 6.07) is 0. The van der Waals surface area contributed by atoms with E-state index in [1.807, 2.05) is 0 Å². The van der Waals surface area contributed by atoms with E-state index in [1.165, 1.54) is 0 Å². The van der Waals surface area contributed by atoms with Crippen molar-refractivity contribution in [2.75, 3.05) is 0 Å². The summed E-state index contributed by atoms with van der Waals surface area (Å²) in [6.07, 6.45) is 0. The summed E-state index contributed by atoms with van der Waals surface area (Å²) < 4.78 is 0. The Morgan fingerprint density at radius 2 is 0.222 bits per heavy atom. The molecule has 0 aromatic rings. The monoisotopic (exact) mass is 418 g/mol. The van der Waals surface area contributed by atoms with Crippen LogP contribution in [-0.4, -0.2) is 0 Å². The molecule has 9 heteroatoms. The second kappa shape index (κ2) is 96.6. The second-order valence-corrected chi connectivity index (χ2v) is 0. The van der Waals surface area contributed by atoms with E-state index in [0.29, 0.717) is 0 Å². The molecular weight excluding hydrogens is 420 g/mol. The van der Waals surface area contributed by atoms with E-state index < -0.39 is 0 Å². The molecule has 0 unspecified atom stereocenters. The van der Waals surface area contributed by atoms with Gasteiger partial charge in [-0.2, -0.15) is 0 Å². The van der Waals surface area contributed by atoms with Crippen LogP contribution in [0.2, 0.25) is 0 Å². The van der Waals surface area contributed by atoms with E-state index in [-0.39, 0.29) is 135 Å². The van der Waals surface area contributed by atoms with Crippen molar-refractivity contribution in [3.63, 3.8) is 0 Å². The molecule has 0 saturated heterocycles. The first-order valence-corrected chi connectivity index (χ1v) is 0. The van der Waals surface area contributed by atoms with Gasteiger partial charge in [0, 0.05) is 0 Å². The van der Waals surface area contributed by atoms with Crippen LogP contribution >= 0.6 is 0 Å². The van der Waals surface area contributed by atoms with Gasteiger partial charge >= 0.3 is 40.2 Å². The Bertz CT molecular complexity index is 6.88. The summed E-state index contributed by atoms with van der Waals surface area (Å²) in [5.74, 6) is 0. The van der Waals surface area contributed by atoms with E-state index >= 15 is 0 Å². The van der Waals surface area contributed by atoms with Crippen LogP contribution in [-0.2, 0) is 135 Å². The van der Waals surface area contributed by atoms with Gasteiger partial charge in [-0.3, -0.25) is 0 Å². The zero-order valence-electron chi connectivity index (χ0n) is 3.61. The van der Waals surface area contributed by atoms with Crippen LogP contribution in [0.4, 0.5) is 0 Å². The molecule has 0 aliphatic heterocycles. The molecule has 9 heavy (non-hydrogen) atoms. The number of hydrogen-bond acceptors (Lipinski definition) is 0. The van der Waals surface area contributed by atoms with Gasteiger partial charge in [0.15, 0.2) is 0 Å². The van der Waals surface area contributed by atoms with Crippen LogP contribution in [0.15, 0.2) is 0 Å². The molecule has 0 radical (unpaired) electrons. The second-order valence-electron chi connectivity index (χ2n) is 0. The maximum absolute atomic E-state index is 0. The summed E-state index contributed by atoms with van der Waals surface area (Å²) in [4.78, 5) is 0. The Hall–Kier alpha value is 3.75. The fourth-order valence-electron chi connectivity index (χ4n) is 0. The van der Waals surface area contributed by atoms with Gasteiger partial charge in [0.05, 0.1) is 0 Å². The standard InChI is InChI=1S/7S.2Tc/q7*-2;2*+7. The quantitative estimate of drug-likeness (QED) is 0.517. The molecule has 0 aromatic heterocycles. The third-order valence-electron chi connectivity index (χ3n) is 0. The molecule has 56 valence electrons. The minimum atomic E-state index is 0. The van der Waals surface area contributed by atoms with Crippen molar-refractivity contribution < 1.29 is 40.2 Å². The molecule has 0 rings (SSSR count). The molecular formula is S7Tc2. The van der Waals surface area contributed by atoms with Gasteiger partial charge in [-0.25, -0.2) is 0 Å². The Kier molecular flexibility index (Phi) is 1340. The van der Waals surface area contributed by atoms with Crippen molar-refractivity contribution in [1.82, 2.24) is 0 Å². The first-order chi connectivity index (χ1) is 0. The summed E-state index contributed by atoms with van der Waals surface area (Å²) in [6.45, 7) is 0. The Balaban J connectivity index is 0. The molecule has 0 atom stereocenters. The molecule has 0 aliphatic rings. The predicted molar refractivity (Wildman–Crippen MR) is 51.6 cm³/mol. The number of rotatable bonds is 0. The minimum Gasteiger partial charge on any atom is -2.00 e. The van der Waals surface area contributed by atoms with Gasteiger partial charge in [-0.1, -0.05) is 0 Å². The molecule has 0 fully saturated rings. The van der Waals surface area contributed by atoms with Crippen LogP contribution in [0.25, 0.3) is 0 Å². The van der Waals surface area contributed by atoms with Crippen LogP contribution in [0.5, 0.6) is 0 Å². The minimum absolute atomic E-state index is 0. The SMILES string of the molecule is [S-2].[S-2].[S-2].[S-2].[S-2].[S-2].[S-2].[Tc+7].[Tc+7]. The maximum Gasteiger partial charge on any atom is 7.00 e. The van der Waals surface area contributed by atoms with Gasteiger partial charge in [0.1, 0.15) is 0 Å². The topological polar surface area (TPSA) is 0 Å². The van der Waals surface area contributed by atoms with Crippen molar-refractivity contribution in [2.45, 2.75) is 0 Å². The molecule has 0 aliphatic carbocycles. The largest absolute Gasteiger partial charge is 7.00 e. The molecule has 0 N–H and O–H groups in total. The molecule has 0 aromatic carbocycles. The van der Waals surface area contributed by atoms with E-state index in [2.05, 4.69) is 0 Å². The van der Waals surface area contributed by atoms with Crippen molar-refractivity contribution >= 4 is 94.5 Å². The fraction of sp³-hybridized carbons (Fsp3) is 0. The summed E-state index contributed by atoms with van der Waals surface area (Å²) >= 11 is 0. The third kappa shape index (κ3) is 79.5. The maximum atomic E-state index is 0. The van der Waals surface area contributed by atoms with Crippen molar-refractivity contribution in [3.8, 4) is 0 Å². The zero-order valence-corrected chi connectivity index (χ0v) is 13.0. The van der Waals surface area contributed by atoms with Crippen LogP contribution in [0, 0.1) is 0 Å². The van der Waals surface area contributed by atoms with E-state index in [1.54, 1.807) is 0 Å². The van der Waals surface area contributed by atoms with Gasteiger partial charge in [-0.15, -0.1) is 0 Å². The predicted octanol–water partition coefficient (Wildman–Crippen LogP) is -0.0218.